The van der Waals surface area contributed by atoms with E-state index in [0.29, 0.717) is 0 Å². The second-order valence-corrected chi connectivity index (χ2v) is 5.31. The molecular formula is C7H15Si+. The molecule has 0 radical (unpaired) electrons. The molecule has 8 heavy (non-hydrogen) atoms. The van der Waals surface area contributed by atoms with Crippen molar-refractivity contribution in [1.82, 2.24) is 0 Å². The zero-order valence-corrected chi connectivity index (χ0v) is 6.72. The minimum atomic E-state index is -0.438. The molecule has 0 saturated heterocycles. The second kappa shape index (κ2) is 4.85. The van der Waals surface area contributed by atoms with Crippen molar-refractivity contribution in [3.05, 3.63) is 25.3 Å². The van der Waals surface area contributed by atoms with Gasteiger partial charge in [-0.3, -0.25) is 0 Å². The first-order chi connectivity index (χ1) is 3.81. The lowest BCUT2D eigenvalue weighted by atomic mass is 10.7. The van der Waals surface area contributed by atoms with Gasteiger partial charge in [-0.1, -0.05) is 18.7 Å². The van der Waals surface area contributed by atoms with E-state index in [1.807, 2.05) is 12.2 Å². The summed E-state index contributed by atoms with van der Waals surface area (Å²) >= 11 is 0. The first-order valence-corrected chi connectivity index (χ1v) is 5.81. The first-order valence-electron chi connectivity index (χ1n) is 3.03. The summed E-state index contributed by atoms with van der Waals surface area (Å²) in [5, 5.41) is 0. The van der Waals surface area contributed by atoms with Crippen LogP contribution >= 0.6 is 0 Å². The molecular weight excluding hydrogens is 112 g/mol. The number of allylic oxidation sites excluding steroid dienone is 2. The predicted molar refractivity (Wildman–Crippen MR) is 44.1 cm³/mol. The third-order valence-corrected chi connectivity index (χ3v) is 3.41. The molecule has 0 spiro atoms. The van der Waals surface area contributed by atoms with Crippen LogP contribution < -0.4 is 0 Å². The average molecular weight is 127 g/mol. The summed E-state index contributed by atoms with van der Waals surface area (Å²) in [5.74, 6) is 0. The van der Waals surface area contributed by atoms with Gasteiger partial charge in [0.2, 0.25) is 0 Å². The lowest BCUT2D eigenvalue weighted by molar-refractivity contribution is 1.53. The van der Waals surface area contributed by atoms with Crippen molar-refractivity contribution in [2.45, 2.75) is 18.6 Å². The molecule has 0 N–H and O–H groups in total. The summed E-state index contributed by atoms with van der Waals surface area (Å²) in [4.78, 5) is 0. The molecule has 1 heteroatoms. The van der Waals surface area contributed by atoms with E-state index in [0.717, 1.165) is 0 Å². The van der Waals surface area contributed by atoms with E-state index in [1.165, 1.54) is 12.1 Å². The maximum atomic E-state index is 3.68. The third kappa shape index (κ3) is 3.87. The smallest absolute Gasteiger partial charge is 0.103 e. The van der Waals surface area contributed by atoms with Crippen LogP contribution in [0.2, 0.25) is 18.6 Å². The van der Waals surface area contributed by atoms with Gasteiger partial charge in [-0.2, -0.15) is 0 Å². The highest BCUT2D eigenvalue weighted by Crippen LogP contribution is 1.98. The standard InChI is InChI=1S/C7H14Si/c1-4-6-8(3)7-5-2/h4-5,8H,1-2,6-7H2,3H3/p+1. The normalized spacial score (nSPS) is 9.25. The van der Waals surface area contributed by atoms with Gasteiger partial charge < -0.3 is 0 Å². The Hall–Kier alpha value is -0.303. The maximum Gasteiger partial charge on any atom is 1.00 e. The fraction of sp³-hybridized carbons (Fsp3) is 0.429. The van der Waals surface area contributed by atoms with Gasteiger partial charge in [0, 0.05) is 8.80 Å². The highest BCUT2D eigenvalue weighted by atomic mass is 28.3. The second-order valence-electron chi connectivity index (χ2n) is 2.15. The minimum Gasteiger partial charge on any atom is -0.103 e. The Kier molecular flexibility index (Phi) is 4.66. The molecule has 0 aliphatic carbocycles. The molecule has 0 amide bonds. The molecule has 46 valence electrons. The van der Waals surface area contributed by atoms with Gasteiger partial charge in [0.15, 0.2) is 0 Å². The molecule has 0 heterocycles. The number of hydrogen-bond acceptors (Lipinski definition) is 0. The van der Waals surface area contributed by atoms with Gasteiger partial charge in [0.25, 0.3) is 0 Å². The van der Waals surface area contributed by atoms with Crippen molar-refractivity contribution in [2.75, 3.05) is 0 Å². The van der Waals surface area contributed by atoms with E-state index >= 15 is 0 Å². The Morgan fingerprint density at radius 1 is 1.38 bits per heavy atom. The van der Waals surface area contributed by atoms with Crippen molar-refractivity contribution in [3.8, 4) is 0 Å². The van der Waals surface area contributed by atoms with Crippen LogP contribution in [0.1, 0.15) is 1.43 Å². The molecule has 0 unspecified atom stereocenters. The van der Waals surface area contributed by atoms with Crippen molar-refractivity contribution < 1.29 is 1.43 Å². The number of rotatable bonds is 4. The van der Waals surface area contributed by atoms with Gasteiger partial charge in [-0.15, -0.1) is 13.2 Å². The summed E-state index contributed by atoms with van der Waals surface area (Å²) in [6.45, 7) is 9.70. The molecule has 0 atom stereocenters. The van der Waals surface area contributed by atoms with Crippen LogP contribution in [-0.2, 0) is 0 Å². The zero-order chi connectivity index (χ0) is 6.41. The maximum absolute atomic E-state index is 3.68. The van der Waals surface area contributed by atoms with Crippen molar-refractivity contribution in [1.29, 1.82) is 0 Å². The molecule has 0 aliphatic rings. The van der Waals surface area contributed by atoms with Gasteiger partial charge in [-0.05, 0) is 12.1 Å². The summed E-state index contributed by atoms with van der Waals surface area (Å²) in [5.41, 5.74) is 0. The monoisotopic (exact) mass is 127 g/mol. The lowest BCUT2D eigenvalue weighted by Gasteiger charge is -1.98. The molecule has 0 aromatic rings. The van der Waals surface area contributed by atoms with Crippen LogP contribution in [0.3, 0.4) is 0 Å². The molecule has 0 rings (SSSR count). The summed E-state index contributed by atoms with van der Waals surface area (Å²) in [6, 6.07) is 2.48. The molecule has 0 aromatic carbocycles. The lowest BCUT2D eigenvalue weighted by Crippen LogP contribution is -2.00. The Balaban J connectivity index is 0. The Labute approximate surface area is 55.0 Å². The average Bonchev–Trinajstić information content (AvgIpc) is 1.68. The quantitative estimate of drug-likeness (QED) is 0.401. The van der Waals surface area contributed by atoms with Gasteiger partial charge >= 0.3 is 1.43 Å². The predicted octanol–water partition coefficient (Wildman–Crippen LogP) is 2.33. The Bertz CT molecular complexity index is 71.0. The van der Waals surface area contributed by atoms with E-state index < -0.39 is 8.80 Å². The summed E-state index contributed by atoms with van der Waals surface area (Å²) in [7, 11) is -0.438. The van der Waals surface area contributed by atoms with E-state index in [-0.39, 0.29) is 1.43 Å². The van der Waals surface area contributed by atoms with Crippen molar-refractivity contribution in [2.24, 2.45) is 0 Å². The highest BCUT2D eigenvalue weighted by molar-refractivity contribution is 6.58. The Morgan fingerprint density at radius 2 is 1.75 bits per heavy atom. The number of hydrogen-bond donors (Lipinski definition) is 0. The molecule has 0 fully saturated rings. The summed E-state index contributed by atoms with van der Waals surface area (Å²) in [6.07, 6.45) is 4.03. The van der Waals surface area contributed by atoms with Crippen LogP contribution in [0.5, 0.6) is 0 Å². The minimum absolute atomic E-state index is 0. The van der Waals surface area contributed by atoms with Crippen LogP contribution in [0.4, 0.5) is 0 Å². The molecule has 0 bridgehead atoms. The third-order valence-electron chi connectivity index (χ3n) is 1.14. The largest absolute Gasteiger partial charge is 1.00 e. The fourth-order valence-electron chi connectivity index (χ4n) is 0.665. The Morgan fingerprint density at radius 3 is 2.00 bits per heavy atom. The van der Waals surface area contributed by atoms with E-state index in [1.54, 1.807) is 0 Å². The SMILES string of the molecule is C=CC[SiH](C)CC=C.[H+]. The zero-order valence-electron chi connectivity index (χ0n) is 6.56. The highest BCUT2D eigenvalue weighted by Gasteiger charge is 1.94. The van der Waals surface area contributed by atoms with Crippen LogP contribution in [0.25, 0.3) is 0 Å². The molecule has 0 saturated carbocycles. The van der Waals surface area contributed by atoms with E-state index in [4.69, 9.17) is 0 Å². The first kappa shape index (κ1) is 7.70. The van der Waals surface area contributed by atoms with Crippen molar-refractivity contribution in [3.63, 3.8) is 0 Å². The van der Waals surface area contributed by atoms with Gasteiger partial charge in [0.1, 0.15) is 0 Å². The van der Waals surface area contributed by atoms with E-state index in [9.17, 15) is 0 Å². The van der Waals surface area contributed by atoms with Gasteiger partial charge in [-0.25, -0.2) is 0 Å². The van der Waals surface area contributed by atoms with E-state index in [2.05, 4.69) is 19.7 Å². The topological polar surface area (TPSA) is 0 Å². The molecule has 0 aliphatic heterocycles. The fourth-order valence-corrected chi connectivity index (χ4v) is 2.00. The van der Waals surface area contributed by atoms with Crippen molar-refractivity contribution >= 4 is 8.80 Å². The molecule has 0 aromatic heterocycles. The van der Waals surface area contributed by atoms with Crippen LogP contribution in [0.15, 0.2) is 25.3 Å². The van der Waals surface area contributed by atoms with Crippen LogP contribution in [0, 0.1) is 0 Å². The van der Waals surface area contributed by atoms with Crippen LogP contribution in [-0.4, -0.2) is 8.80 Å². The van der Waals surface area contributed by atoms with Gasteiger partial charge in [0.05, 0.1) is 0 Å². The summed E-state index contributed by atoms with van der Waals surface area (Å²) < 4.78 is 0. The molecule has 0 nitrogen and oxygen atoms in total.